The molecule has 2 aliphatic rings. The average Bonchev–Trinajstić information content (AvgIpc) is 2.80. The van der Waals surface area contributed by atoms with Crippen LogP contribution in [0.5, 0.6) is 11.5 Å². The van der Waals surface area contributed by atoms with Crippen LogP contribution in [0, 0.1) is 13.8 Å². The van der Waals surface area contributed by atoms with Gasteiger partial charge in [0.1, 0.15) is 19.1 Å². The minimum Gasteiger partial charge on any atom is -0.486 e. The number of carbonyl (C=O) groups is 2. The molecule has 0 aromatic heterocycles. The summed E-state index contributed by atoms with van der Waals surface area (Å²) in [6, 6.07) is 17.4. The van der Waals surface area contributed by atoms with Crippen molar-refractivity contribution in [1.29, 1.82) is 0 Å². The van der Waals surface area contributed by atoms with Gasteiger partial charge in [0, 0.05) is 11.3 Å². The highest BCUT2D eigenvalue weighted by Crippen LogP contribution is 2.47. The van der Waals surface area contributed by atoms with Crippen molar-refractivity contribution < 1.29 is 24.2 Å². The van der Waals surface area contributed by atoms with Gasteiger partial charge >= 0.3 is 5.97 Å². The maximum Gasteiger partial charge on any atom is 0.313 e. The van der Waals surface area contributed by atoms with Gasteiger partial charge in [-0.2, -0.15) is 0 Å². The van der Waals surface area contributed by atoms with Crippen molar-refractivity contribution in [1.82, 2.24) is 0 Å². The monoisotopic (exact) mass is 429 g/mol. The van der Waals surface area contributed by atoms with Gasteiger partial charge < -0.3 is 14.6 Å². The second-order valence-corrected chi connectivity index (χ2v) is 8.19. The first-order valence-electron chi connectivity index (χ1n) is 10.6. The quantitative estimate of drug-likeness (QED) is 0.656. The van der Waals surface area contributed by atoms with Crippen LogP contribution in [-0.2, 0) is 4.79 Å². The van der Waals surface area contributed by atoms with Crippen LogP contribution < -0.4 is 14.4 Å². The first-order valence-corrected chi connectivity index (χ1v) is 10.6. The standard InChI is InChI=1S/C26H23NO5/c1-15-7-9-18(13-16(15)2)27-24(17-8-10-21-22(14-17)32-12-11-31-21)23(26(29)30)19-5-3-4-6-20(19)25(27)28/h3-10,13-14,23-24H,11-12H2,1-2H3,(H,29,30)/t23-,24+/m0/s1. The predicted molar refractivity (Wildman–Crippen MR) is 120 cm³/mol. The molecule has 2 heterocycles. The largest absolute Gasteiger partial charge is 0.486 e. The average molecular weight is 429 g/mol. The molecule has 0 aliphatic carbocycles. The Morgan fingerprint density at radius 3 is 2.44 bits per heavy atom. The lowest BCUT2D eigenvalue weighted by Crippen LogP contribution is -2.45. The van der Waals surface area contributed by atoms with E-state index in [1.165, 1.54) is 0 Å². The minimum atomic E-state index is -0.987. The van der Waals surface area contributed by atoms with Crippen LogP contribution in [0.3, 0.4) is 0 Å². The van der Waals surface area contributed by atoms with Crippen LogP contribution in [0.4, 0.5) is 5.69 Å². The van der Waals surface area contributed by atoms with E-state index < -0.39 is 17.9 Å². The van der Waals surface area contributed by atoms with E-state index in [0.717, 1.165) is 11.1 Å². The summed E-state index contributed by atoms with van der Waals surface area (Å²) in [6.07, 6.45) is 0. The number of anilines is 1. The summed E-state index contributed by atoms with van der Waals surface area (Å²) in [5, 5.41) is 10.3. The molecule has 1 N–H and O–H groups in total. The van der Waals surface area contributed by atoms with Gasteiger partial charge in [-0.3, -0.25) is 14.5 Å². The summed E-state index contributed by atoms with van der Waals surface area (Å²) in [5.74, 6) is -0.968. The Morgan fingerprint density at radius 1 is 0.938 bits per heavy atom. The Labute approximate surface area is 186 Å². The molecule has 32 heavy (non-hydrogen) atoms. The highest BCUT2D eigenvalue weighted by atomic mass is 16.6. The SMILES string of the molecule is Cc1ccc(N2C(=O)c3ccccc3[C@H](C(=O)O)[C@H]2c2ccc3c(c2)OCCO3)cc1C. The molecule has 6 heteroatoms. The molecule has 0 bridgehead atoms. The first-order chi connectivity index (χ1) is 15.5. The Morgan fingerprint density at radius 2 is 1.69 bits per heavy atom. The van der Waals surface area contributed by atoms with Gasteiger partial charge in [0.15, 0.2) is 11.5 Å². The van der Waals surface area contributed by atoms with Crippen molar-refractivity contribution in [2.24, 2.45) is 0 Å². The molecule has 0 unspecified atom stereocenters. The van der Waals surface area contributed by atoms with Crippen molar-refractivity contribution in [2.75, 3.05) is 18.1 Å². The number of nitrogens with zero attached hydrogens (tertiary/aromatic N) is 1. The van der Waals surface area contributed by atoms with Gasteiger partial charge in [-0.05, 0) is 66.4 Å². The highest BCUT2D eigenvalue weighted by Gasteiger charge is 2.45. The molecule has 0 fully saturated rings. The summed E-state index contributed by atoms with van der Waals surface area (Å²) >= 11 is 0. The number of aliphatic carboxylic acids is 1. The fourth-order valence-electron chi connectivity index (χ4n) is 4.55. The predicted octanol–water partition coefficient (Wildman–Crippen LogP) is 4.64. The van der Waals surface area contributed by atoms with Crippen molar-refractivity contribution >= 4 is 17.6 Å². The molecular weight excluding hydrogens is 406 g/mol. The highest BCUT2D eigenvalue weighted by molar-refractivity contribution is 6.11. The van der Waals surface area contributed by atoms with Gasteiger partial charge in [-0.15, -0.1) is 0 Å². The molecular formula is C26H23NO5. The number of hydrogen-bond acceptors (Lipinski definition) is 4. The zero-order chi connectivity index (χ0) is 22.4. The number of fused-ring (bicyclic) bond motifs is 2. The summed E-state index contributed by atoms with van der Waals surface area (Å²) < 4.78 is 11.4. The third kappa shape index (κ3) is 3.19. The van der Waals surface area contributed by atoms with E-state index in [9.17, 15) is 14.7 Å². The van der Waals surface area contributed by atoms with Crippen molar-refractivity contribution in [2.45, 2.75) is 25.8 Å². The second-order valence-electron chi connectivity index (χ2n) is 8.19. The normalized spacial score (nSPS) is 19.4. The second kappa shape index (κ2) is 7.71. The molecule has 162 valence electrons. The summed E-state index contributed by atoms with van der Waals surface area (Å²) in [6.45, 7) is 4.88. The van der Waals surface area contributed by atoms with E-state index in [-0.39, 0.29) is 5.91 Å². The summed E-state index contributed by atoms with van der Waals surface area (Å²) in [7, 11) is 0. The number of carboxylic acid groups (broad SMARTS) is 1. The maximum atomic E-state index is 13.7. The Bertz CT molecular complexity index is 1230. The number of carbonyl (C=O) groups excluding carboxylic acids is 1. The number of hydrogen-bond donors (Lipinski definition) is 1. The molecule has 6 nitrogen and oxygen atoms in total. The van der Waals surface area contributed by atoms with E-state index in [0.29, 0.717) is 47.1 Å². The smallest absolute Gasteiger partial charge is 0.313 e. The Balaban J connectivity index is 1.74. The van der Waals surface area contributed by atoms with Crippen LogP contribution in [0.1, 0.15) is 44.6 Å². The molecule has 0 radical (unpaired) electrons. The zero-order valence-electron chi connectivity index (χ0n) is 17.9. The number of benzene rings is 3. The van der Waals surface area contributed by atoms with E-state index in [4.69, 9.17) is 9.47 Å². The van der Waals surface area contributed by atoms with Crippen LogP contribution >= 0.6 is 0 Å². The van der Waals surface area contributed by atoms with Gasteiger partial charge in [-0.1, -0.05) is 30.3 Å². The lowest BCUT2D eigenvalue weighted by atomic mass is 9.79. The van der Waals surface area contributed by atoms with E-state index in [1.54, 1.807) is 41.3 Å². The molecule has 2 aliphatic heterocycles. The molecule has 5 rings (SSSR count). The third-order valence-electron chi connectivity index (χ3n) is 6.28. The molecule has 3 aromatic carbocycles. The van der Waals surface area contributed by atoms with Crippen molar-refractivity contribution in [3.63, 3.8) is 0 Å². The molecule has 0 saturated carbocycles. The topological polar surface area (TPSA) is 76.1 Å². The third-order valence-corrected chi connectivity index (χ3v) is 6.28. The van der Waals surface area contributed by atoms with E-state index in [1.807, 2.05) is 38.1 Å². The van der Waals surface area contributed by atoms with Gasteiger partial charge in [0.05, 0.1) is 6.04 Å². The Hall–Kier alpha value is -3.80. The van der Waals surface area contributed by atoms with Gasteiger partial charge in [0.25, 0.3) is 5.91 Å². The number of ether oxygens (including phenoxy) is 2. The molecule has 3 aromatic rings. The number of amides is 1. The van der Waals surface area contributed by atoms with E-state index in [2.05, 4.69) is 0 Å². The fraction of sp³-hybridized carbons (Fsp3) is 0.231. The lowest BCUT2D eigenvalue weighted by molar-refractivity contribution is -0.139. The van der Waals surface area contributed by atoms with E-state index >= 15 is 0 Å². The number of rotatable bonds is 3. The van der Waals surface area contributed by atoms with Crippen LogP contribution in [0.25, 0.3) is 0 Å². The van der Waals surface area contributed by atoms with Crippen molar-refractivity contribution in [3.05, 3.63) is 88.5 Å². The first kappa shape index (κ1) is 20.1. The molecule has 2 atom stereocenters. The fourth-order valence-corrected chi connectivity index (χ4v) is 4.55. The van der Waals surface area contributed by atoms with Gasteiger partial charge in [0.2, 0.25) is 0 Å². The Kier molecular flexibility index (Phi) is 4.85. The van der Waals surface area contributed by atoms with Crippen LogP contribution in [0.15, 0.2) is 60.7 Å². The zero-order valence-corrected chi connectivity index (χ0v) is 17.9. The summed E-state index contributed by atoms with van der Waals surface area (Å²) in [5.41, 5.74) is 4.41. The van der Waals surface area contributed by atoms with Crippen molar-refractivity contribution in [3.8, 4) is 11.5 Å². The van der Waals surface area contributed by atoms with Crippen LogP contribution in [0.2, 0.25) is 0 Å². The summed E-state index contributed by atoms with van der Waals surface area (Å²) in [4.78, 5) is 27.9. The number of carboxylic acids is 1. The lowest BCUT2D eigenvalue weighted by Gasteiger charge is -2.41. The maximum absolute atomic E-state index is 13.7. The minimum absolute atomic E-state index is 0.221. The van der Waals surface area contributed by atoms with Crippen LogP contribution in [-0.4, -0.2) is 30.2 Å². The molecule has 0 saturated heterocycles. The van der Waals surface area contributed by atoms with Gasteiger partial charge in [-0.25, -0.2) is 0 Å². The molecule has 1 amide bonds. The number of aryl methyl sites for hydroxylation is 2. The molecule has 0 spiro atoms.